The lowest BCUT2D eigenvalue weighted by Crippen LogP contribution is -2.10. The Morgan fingerprint density at radius 3 is 2.28 bits per heavy atom. The largest absolute Gasteiger partial charge is 0.508 e. The minimum Gasteiger partial charge on any atom is -0.508 e. The van der Waals surface area contributed by atoms with Crippen molar-refractivity contribution in [3.8, 4) is 5.75 Å². The lowest BCUT2D eigenvalue weighted by Gasteiger charge is -2.07. The third kappa shape index (κ3) is 3.40. The third-order valence-corrected chi connectivity index (χ3v) is 2.33. The van der Waals surface area contributed by atoms with Crippen LogP contribution in [0.4, 0.5) is 11.4 Å². The molecule has 4 nitrogen and oxygen atoms in total. The minimum absolute atomic E-state index is 0. The lowest BCUT2D eigenvalue weighted by molar-refractivity contribution is 0.475. The zero-order valence-corrected chi connectivity index (χ0v) is 10.4. The van der Waals surface area contributed by atoms with Gasteiger partial charge in [-0.2, -0.15) is 0 Å². The molecule has 5 heteroatoms. The van der Waals surface area contributed by atoms with Crippen molar-refractivity contribution >= 4 is 29.6 Å². The highest BCUT2D eigenvalue weighted by Crippen LogP contribution is 2.20. The highest BCUT2D eigenvalue weighted by molar-refractivity contribution is 5.95. The van der Waals surface area contributed by atoms with Crippen molar-refractivity contribution < 1.29 is 5.11 Å². The van der Waals surface area contributed by atoms with Crippen LogP contribution >= 0.6 is 12.4 Å². The molecule has 0 aliphatic rings. The first-order valence-electron chi connectivity index (χ1n) is 5.16. The standard InChI is InChI=1S/C13H13N3O.ClH/c14-13(15)9-4-6-10(7-5-9)16-11-2-1-3-12(17)8-11;/h1-8,16-17H,(H3,14,15);1H. The summed E-state index contributed by atoms with van der Waals surface area (Å²) in [5.74, 6) is 0.268. The zero-order valence-electron chi connectivity index (χ0n) is 9.55. The Kier molecular flexibility index (Phi) is 4.57. The molecule has 0 spiro atoms. The molecule has 2 aromatic carbocycles. The summed E-state index contributed by atoms with van der Waals surface area (Å²) >= 11 is 0. The van der Waals surface area contributed by atoms with E-state index in [0.717, 1.165) is 11.4 Å². The van der Waals surface area contributed by atoms with Crippen LogP contribution < -0.4 is 11.1 Å². The van der Waals surface area contributed by atoms with Gasteiger partial charge < -0.3 is 16.2 Å². The van der Waals surface area contributed by atoms with E-state index >= 15 is 0 Å². The van der Waals surface area contributed by atoms with Crippen LogP contribution in [0.25, 0.3) is 0 Å². The molecule has 2 rings (SSSR count). The molecule has 5 N–H and O–H groups in total. The van der Waals surface area contributed by atoms with Gasteiger partial charge in [-0.25, -0.2) is 0 Å². The van der Waals surface area contributed by atoms with Gasteiger partial charge in [0.2, 0.25) is 0 Å². The van der Waals surface area contributed by atoms with Gasteiger partial charge in [-0.05, 0) is 36.4 Å². The molecule has 0 saturated heterocycles. The van der Waals surface area contributed by atoms with E-state index in [2.05, 4.69) is 5.32 Å². The molecule has 0 amide bonds. The Morgan fingerprint density at radius 2 is 1.72 bits per heavy atom. The first kappa shape index (κ1) is 13.9. The number of benzene rings is 2. The number of nitrogens with one attached hydrogen (secondary N) is 2. The van der Waals surface area contributed by atoms with E-state index in [9.17, 15) is 5.11 Å². The Balaban J connectivity index is 0.00000162. The van der Waals surface area contributed by atoms with Crippen LogP contribution in [0.5, 0.6) is 5.75 Å². The first-order chi connectivity index (χ1) is 8.15. The predicted molar refractivity (Wildman–Crippen MR) is 76.1 cm³/mol. The number of halogens is 1. The molecule has 0 aliphatic heterocycles. The number of hydrogen-bond acceptors (Lipinski definition) is 3. The number of hydrogen-bond donors (Lipinski definition) is 4. The van der Waals surface area contributed by atoms with E-state index < -0.39 is 0 Å². The molecule has 2 aromatic rings. The predicted octanol–water partition coefficient (Wildman–Crippen LogP) is 2.84. The van der Waals surface area contributed by atoms with Crippen molar-refractivity contribution in [2.45, 2.75) is 0 Å². The molecule has 0 aliphatic carbocycles. The van der Waals surface area contributed by atoms with Gasteiger partial charge in [-0.3, -0.25) is 5.41 Å². The molecular weight excluding hydrogens is 250 g/mol. The van der Waals surface area contributed by atoms with E-state index in [0.29, 0.717) is 5.56 Å². The van der Waals surface area contributed by atoms with Crippen LogP contribution in [-0.4, -0.2) is 10.9 Å². The molecule has 94 valence electrons. The van der Waals surface area contributed by atoms with E-state index in [-0.39, 0.29) is 24.0 Å². The fraction of sp³-hybridized carbons (Fsp3) is 0. The molecule has 0 atom stereocenters. The maximum atomic E-state index is 9.32. The molecule has 18 heavy (non-hydrogen) atoms. The Bertz CT molecular complexity index is 540. The van der Waals surface area contributed by atoms with Crippen molar-refractivity contribution in [3.63, 3.8) is 0 Å². The highest BCUT2D eigenvalue weighted by Gasteiger charge is 1.98. The average Bonchev–Trinajstić information content (AvgIpc) is 2.29. The second kappa shape index (κ2) is 5.93. The molecule has 0 bridgehead atoms. The average molecular weight is 264 g/mol. The lowest BCUT2D eigenvalue weighted by atomic mass is 10.2. The third-order valence-electron chi connectivity index (χ3n) is 2.33. The summed E-state index contributed by atoms with van der Waals surface area (Å²) in [6, 6.07) is 14.1. The topological polar surface area (TPSA) is 82.1 Å². The van der Waals surface area contributed by atoms with Crippen molar-refractivity contribution in [3.05, 3.63) is 54.1 Å². The summed E-state index contributed by atoms with van der Waals surface area (Å²) in [5, 5.41) is 19.7. The van der Waals surface area contributed by atoms with Gasteiger partial charge in [0.25, 0.3) is 0 Å². The molecular formula is C13H14ClN3O. The van der Waals surface area contributed by atoms with Crippen LogP contribution in [0, 0.1) is 5.41 Å². The second-order valence-corrected chi connectivity index (χ2v) is 3.67. The van der Waals surface area contributed by atoms with Crippen molar-refractivity contribution in [1.82, 2.24) is 0 Å². The fourth-order valence-electron chi connectivity index (χ4n) is 1.48. The first-order valence-corrected chi connectivity index (χ1v) is 5.16. The number of rotatable bonds is 3. The van der Waals surface area contributed by atoms with E-state index in [1.54, 1.807) is 30.3 Å². The van der Waals surface area contributed by atoms with Crippen molar-refractivity contribution in [1.29, 1.82) is 5.41 Å². The summed E-state index contributed by atoms with van der Waals surface area (Å²) in [6.45, 7) is 0. The number of aromatic hydroxyl groups is 1. The smallest absolute Gasteiger partial charge is 0.122 e. The summed E-state index contributed by atoms with van der Waals surface area (Å²) in [6.07, 6.45) is 0. The number of amidine groups is 1. The molecule has 0 heterocycles. The van der Waals surface area contributed by atoms with Crippen LogP contribution in [0.1, 0.15) is 5.56 Å². The number of nitrogens with two attached hydrogens (primary N) is 1. The maximum absolute atomic E-state index is 9.32. The van der Waals surface area contributed by atoms with Crippen LogP contribution in [0.15, 0.2) is 48.5 Å². The Morgan fingerprint density at radius 1 is 1.06 bits per heavy atom. The van der Waals surface area contributed by atoms with E-state index in [4.69, 9.17) is 11.1 Å². The minimum atomic E-state index is 0. The van der Waals surface area contributed by atoms with Crippen LogP contribution in [0.2, 0.25) is 0 Å². The molecule has 0 aromatic heterocycles. The molecule has 0 unspecified atom stereocenters. The summed E-state index contributed by atoms with van der Waals surface area (Å²) in [5.41, 5.74) is 7.73. The summed E-state index contributed by atoms with van der Waals surface area (Å²) in [4.78, 5) is 0. The fourth-order valence-corrected chi connectivity index (χ4v) is 1.48. The number of phenols is 1. The van der Waals surface area contributed by atoms with Gasteiger partial charge in [0.05, 0.1) is 0 Å². The van der Waals surface area contributed by atoms with E-state index in [1.165, 1.54) is 0 Å². The second-order valence-electron chi connectivity index (χ2n) is 3.67. The van der Waals surface area contributed by atoms with Crippen LogP contribution in [0.3, 0.4) is 0 Å². The Hall–Kier alpha value is -2.20. The molecule has 0 radical (unpaired) electrons. The summed E-state index contributed by atoms with van der Waals surface area (Å²) < 4.78 is 0. The van der Waals surface area contributed by atoms with Crippen molar-refractivity contribution in [2.75, 3.05) is 5.32 Å². The molecule has 0 fully saturated rings. The highest BCUT2D eigenvalue weighted by atomic mass is 35.5. The Labute approximate surface area is 111 Å². The maximum Gasteiger partial charge on any atom is 0.122 e. The number of phenolic OH excluding ortho intramolecular Hbond substituents is 1. The zero-order chi connectivity index (χ0) is 12.3. The van der Waals surface area contributed by atoms with Gasteiger partial charge in [0.15, 0.2) is 0 Å². The van der Waals surface area contributed by atoms with E-state index in [1.807, 2.05) is 18.2 Å². The van der Waals surface area contributed by atoms with Gasteiger partial charge in [-0.1, -0.05) is 6.07 Å². The number of anilines is 2. The van der Waals surface area contributed by atoms with Gasteiger partial charge in [-0.15, -0.1) is 12.4 Å². The van der Waals surface area contributed by atoms with Crippen LogP contribution in [-0.2, 0) is 0 Å². The number of nitrogen functional groups attached to an aromatic ring is 1. The monoisotopic (exact) mass is 263 g/mol. The van der Waals surface area contributed by atoms with Gasteiger partial charge >= 0.3 is 0 Å². The van der Waals surface area contributed by atoms with Crippen molar-refractivity contribution in [2.24, 2.45) is 5.73 Å². The summed E-state index contributed by atoms with van der Waals surface area (Å²) in [7, 11) is 0. The van der Waals surface area contributed by atoms with Gasteiger partial charge in [0.1, 0.15) is 11.6 Å². The normalized spacial score (nSPS) is 9.33. The van der Waals surface area contributed by atoms with Gasteiger partial charge in [0, 0.05) is 23.0 Å². The quantitative estimate of drug-likeness (QED) is 0.508. The SMILES string of the molecule is Cl.N=C(N)c1ccc(Nc2cccc(O)c2)cc1. The molecule has 0 saturated carbocycles.